The van der Waals surface area contributed by atoms with Gasteiger partial charge < -0.3 is 4.74 Å². The molecular formula is C41H35O2P. The van der Waals surface area contributed by atoms with E-state index in [1.807, 2.05) is 48.5 Å². The van der Waals surface area contributed by atoms with Gasteiger partial charge in [0.25, 0.3) is 0 Å². The summed E-state index contributed by atoms with van der Waals surface area (Å²) in [5.41, 5.74) is 5.63. The van der Waals surface area contributed by atoms with Crippen LogP contribution in [0.1, 0.15) is 16.7 Å². The van der Waals surface area contributed by atoms with Gasteiger partial charge in [-0.1, -0.05) is 170 Å². The van der Waals surface area contributed by atoms with Crippen molar-refractivity contribution in [3.63, 3.8) is 0 Å². The number of esters is 1. The molecule has 6 aromatic carbocycles. The quantitative estimate of drug-likeness (QED) is 0.112. The fourth-order valence-electron chi connectivity index (χ4n) is 5.69. The normalized spacial score (nSPS) is 11.7. The largest absolute Gasteiger partial charge is 0.461 e. The fraction of sp³-hybridized carbons (Fsp3) is 0.0976. The summed E-state index contributed by atoms with van der Waals surface area (Å²) in [4.78, 5) is 13.7. The van der Waals surface area contributed by atoms with Gasteiger partial charge in [-0.05, 0) is 64.5 Å². The summed E-state index contributed by atoms with van der Waals surface area (Å²) in [6.07, 6.45) is 1.20. The first-order valence-electron chi connectivity index (χ1n) is 15.1. The Labute approximate surface area is 261 Å². The van der Waals surface area contributed by atoms with Gasteiger partial charge >= 0.3 is 5.97 Å². The summed E-state index contributed by atoms with van der Waals surface area (Å²) in [5.74, 6) is -0.490. The molecule has 0 bridgehead atoms. The minimum Gasteiger partial charge on any atom is -0.461 e. The SMILES string of the molecule is O=C(OCc1ccccc1)C(Cc1ccccc1)Cc1ccccc1-c1ccccc1P(c1ccccc1)c1ccccc1. The predicted molar refractivity (Wildman–Crippen MR) is 184 cm³/mol. The number of benzene rings is 6. The standard InChI is InChI=1S/C41H35O2P/c42-41(43-31-33-19-7-2-8-20-33)35(29-32-17-5-1-6-18-32)30-34-21-13-14-26-38(34)39-27-15-16-28-40(39)44(36-22-9-3-10-23-36)37-24-11-4-12-25-37/h1-28,35H,29-31H2. The van der Waals surface area contributed by atoms with Crippen LogP contribution in [0.2, 0.25) is 0 Å². The maximum atomic E-state index is 13.7. The van der Waals surface area contributed by atoms with Gasteiger partial charge in [-0.3, -0.25) is 4.79 Å². The second-order valence-corrected chi connectivity index (χ2v) is 13.1. The van der Waals surface area contributed by atoms with E-state index in [-0.39, 0.29) is 18.5 Å². The first-order chi connectivity index (χ1) is 21.8. The molecule has 1 unspecified atom stereocenters. The van der Waals surface area contributed by atoms with E-state index in [9.17, 15) is 4.79 Å². The molecule has 0 radical (unpaired) electrons. The predicted octanol–water partition coefficient (Wildman–Crippen LogP) is 8.26. The maximum Gasteiger partial charge on any atom is 0.309 e. The van der Waals surface area contributed by atoms with E-state index in [0.29, 0.717) is 12.8 Å². The van der Waals surface area contributed by atoms with Gasteiger partial charge in [0.05, 0.1) is 5.92 Å². The lowest BCUT2D eigenvalue weighted by Gasteiger charge is -2.24. The first kappa shape index (κ1) is 29.3. The van der Waals surface area contributed by atoms with Crippen molar-refractivity contribution in [1.29, 1.82) is 0 Å². The Hall–Kier alpha value is -4.78. The summed E-state index contributed by atoms with van der Waals surface area (Å²) < 4.78 is 5.92. The highest BCUT2D eigenvalue weighted by Crippen LogP contribution is 2.38. The van der Waals surface area contributed by atoms with Crippen molar-refractivity contribution in [2.45, 2.75) is 19.4 Å². The number of ether oxygens (including phenoxy) is 1. The third kappa shape index (κ3) is 7.22. The summed E-state index contributed by atoms with van der Waals surface area (Å²) in [5, 5.41) is 3.92. The Bertz CT molecular complexity index is 1730. The Morgan fingerprint density at radius 1 is 0.500 bits per heavy atom. The van der Waals surface area contributed by atoms with Gasteiger partial charge in [-0.2, -0.15) is 0 Å². The number of carbonyl (C=O) groups excluding carboxylic acids is 1. The molecule has 0 N–H and O–H groups in total. The van der Waals surface area contributed by atoms with E-state index in [1.54, 1.807) is 0 Å². The Morgan fingerprint density at radius 3 is 1.59 bits per heavy atom. The van der Waals surface area contributed by atoms with Crippen LogP contribution in [-0.2, 0) is 29.0 Å². The molecule has 3 heteroatoms. The van der Waals surface area contributed by atoms with Crippen molar-refractivity contribution in [2.24, 2.45) is 5.92 Å². The molecule has 0 fully saturated rings. The lowest BCUT2D eigenvalue weighted by molar-refractivity contribution is -0.149. The topological polar surface area (TPSA) is 26.3 Å². The molecule has 0 aliphatic rings. The van der Waals surface area contributed by atoms with E-state index in [2.05, 4.69) is 121 Å². The highest BCUT2D eigenvalue weighted by Gasteiger charge is 2.25. The molecule has 0 saturated carbocycles. The van der Waals surface area contributed by atoms with E-state index in [1.165, 1.54) is 21.5 Å². The summed E-state index contributed by atoms with van der Waals surface area (Å²) in [7, 11) is -0.798. The van der Waals surface area contributed by atoms with Crippen molar-refractivity contribution >= 4 is 29.8 Å². The highest BCUT2D eigenvalue weighted by atomic mass is 31.1. The molecule has 6 rings (SSSR count). The van der Waals surface area contributed by atoms with Crippen molar-refractivity contribution in [3.8, 4) is 11.1 Å². The average Bonchev–Trinajstić information content (AvgIpc) is 3.09. The van der Waals surface area contributed by atoms with E-state index < -0.39 is 7.92 Å². The second-order valence-electron chi connectivity index (χ2n) is 10.9. The van der Waals surface area contributed by atoms with Crippen LogP contribution in [0.3, 0.4) is 0 Å². The summed E-state index contributed by atoms with van der Waals surface area (Å²) in [6, 6.07) is 59.0. The minimum atomic E-state index is -0.798. The number of hydrogen-bond acceptors (Lipinski definition) is 2. The van der Waals surface area contributed by atoms with Crippen molar-refractivity contribution in [2.75, 3.05) is 0 Å². The van der Waals surface area contributed by atoms with E-state index in [4.69, 9.17) is 4.74 Å². The van der Waals surface area contributed by atoms with Crippen molar-refractivity contribution in [3.05, 3.63) is 187 Å². The van der Waals surface area contributed by atoms with Crippen LogP contribution in [-0.4, -0.2) is 5.97 Å². The molecular weight excluding hydrogens is 555 g/mol. The molecule has 0 aromatic heterocycles. The minimum absolute atomic E-state index is 0.170. The second kappa shape index (κ2) is 14.6. The zero-order valence-corrected chi connectivity index (χ0v) is 25.5. The van der Waals surface area contributed by atoms with Gasteiger partial charge in [-0.15, -0.1) is 0 Å². The van der Waals surface area contributed by atoms with Crippen LogP contribution in [0, 0.1) is 5.92 Å². The van der Waals surface area contributed by atoms with Gasteiger partial charge in [-0.25, -0.2) is 0 Å². The fourth-order valence-corrected chi connectivity index (χ4v) is 8.15. The molecule has 1 atom stereocenters. The lowest BCUT2D eigenvalue weighted by Crippen LogP contribution is -2.24. The molecule has 0 spiro atoms. The Kier molecular flexibility index (Phi) is 9.72. The highest BCUT2D eigenvalue weighted by molar-refractivity contribution is 7.80. The first-order valence-corrected chi connectivity index (χ1v) is 16.4. The third-order valence-electron chi connectivity index (χ3n) is 7.83. The molecule has 216 valence electrons. The smallest absolute Gasteiger partial charge is 0.309 e. The third-order valence-corrected chi connectivity index (χ3v) is 10.3. The molecule has 0 aliphatic heterocycles. The van der Waals surface area contributed by atoms with E-state index >= 15 is 0 Å². The maximum absolute atomic E-state index is 13.7. The Morgan fingerprint density at radius 2 is 0.977 bits per heavy atom. The molecule has 0 saturated heterocycles. The molecule has 44 heavy (non-hydrogen) atoms. The lowest BCUT2D eigenvalue weighted by atomic mass is 9.88. The molecule has 0 amide bonds. The zero-order valence-electron chi connectivity index (χ0n) is 24.6. The van der Waals surface area contributed by atoms with Crippen molar-refractivity contribution in [1.82, 2.24) is 0 Å². The van der Waals surface area contributed by atoms with Crippen LogP contribution < -0.4 is 15.9 Å². The Balaban J connectivity index is 1.37. The molecule has 2 nitrogen and oxygen atoms in total. The zero-order chi connectivity index (χ0) is 30.0. The van der Waals surface area contributed by atoms with Gasteiger partial charge in [0.1, 0.15) is 6.61 Å². The van der Waals surface area contributed by atoms with Crippen LogP contribution in [0.4, 0.5) is 0 Å². The van der Waals surface area contributed by atoms with Crippen LogP contribution in [0.5, 0.6) is 0 Å². The molecule has 0 heterocycles. The van der Waals surface area contributed by atoms with E-state index in [0.717, 1.165) is 22.3 Å². The monoisotopic (exact) mass is 590 g/mol. The van der Waals surface area contributed by atoms with Gasteiger partial charge in [0.15, 0.2) is 0 Å². The number of hydrogen-bond donors (Lipinski definition) is 0. The number of rotatable bonds is 11. The summed E-state index contributed by atoms with van der Waals surface area (Å²) >= 11 is 0. The van der Waals surface area contributed by atoms with Gasteiger partial charge in [0, 0.05) is 0 Å². The summed E-state index contributed by atoms with van der Waals surface area (Å²) in [6.45, 7) is 0.272. The molecule has 6 aromatic rings. The van der Waals surface area contributed by atoms with Crippen LogP contribution in [0.25, 0.3) is 11.1 Å². The average molecular weight is 591 g/mol. The van der Waals surface area contributed by atoms with Crippen molar-refractivity contribution < 1.29 is 9.53 Å². The van der Waals surface area contributed by atoms with Crippen LogP contribution in [0.15, 0.2) is 170 Å². The van der Waals surface area contributed by atoms with Crippen LogP contribution >= 0.6 is 7.92 Å². The molecule has 0 aliphatic carbocycles. The van der Waals surface area contributed by atoms with Gasteiger partial charge in [0.2, 0.25) is 0 Å². The number of carbonyl (C=O) groups is 1.